The molecule has 1 aromatic heterocycles. The van der Waals surface area contributed by atoms with Gasteiger partial charge in [-0.05, 0) is 39.3 Å². The van der Waals surface area contributed by atoms with Crippen LogP contribution in [0, 0.1) is 6.92 Å². The number of hydrogen-bond donors (Lipinski definition) is 2. The summed E-state index contributed by atoms with van der Waals surface area (Å²) in [4.78, 5) is 4.21. The molecule has 1 rings (SSSR count). The fourth-order valence-electron chi connectivity index (χ4n) is 1.45. The molecule has 1 heterocycles. The van der Waals surface area contributed by atoms with Gasteiger partial charge in [-0.25, -0.2) is 4.98 Å². The van der Waals surface area contributed by atoms with Crippen LogP contribution in [-0.2, 0) is 4.74 Å². The van der Waals surface area contributed by atoms with Crippen LogP contribution in [0.3, 0.4) is 0 Å². The van der Waals surface area contributed by atoms with Crippen molar-refractivity contribution < 1.29 is 4.74 Å². The smallest absolute Gasteiger partial charge is 0.149 e. The molecule has 0 atom stereocenters. The van der Waals surface area contributed by atoms with E-state index in [0.717, 1.165) is 11.4 Å². The van der Waals surface area contributed by atoms with Gasteiger partial charge in [0.2, 0.25) is 0 Å². The van der Waals surface area contributed by atoms with Crippen LogP contribution in [0.4, 0.5) is 11.5 Å². The first-order chi connectivity index (χ1) is 7.46. The van der Waals surface area contributed by atoms with E-state index in [1.54, 1.807) is 6.20 Å². The molecule has 0 radical (unpaired) electrons. The summed E-state index contributed by atoms with van der Waals surface area (Å²) in [6.07, 6.45) is 1.75. The Kier molecular flexibility index (Phi) is 4.12. The van der Waals surface area contributed by atoms with Crippen molar-refractivity contribution in [1.82, 2.24) is 4.98 Å². The third-order valence-corrected chi connectivity index (χ3v) is 2.42. The molecule has 0 saturated heterocycles. The van der Waals surface area contributed by atoms with Crippen LogP contribution in [0.25, 0.3) is 0 Å². The molecule has 0 spiro atoms. The van der Waals surface area contributed by atoms with Gasteiger partial charge in [-0.1, -0.05) is 0 Å². The van der Waals surface area contributed by atoms with E-state index in [-0.39, 0.29) is 5.60 Å². The monoisotopic (exact) mass is 223 g/mol. The highest BCUT2D eigenvalue weighted by atomic mass is 16.5. The van der Waals surface area contributed by atoms with Crippen LogP contribution in [0.2, 0.25) is 0 Å². The Labute approximate surface area is 97.2 Å². The molecule has 0 aliphatic carbocycles. The van der Waals surface area contributed by atoms with E-state index in [2.05, 4.69) is 10.3 Å². The maximum Gasteiger partial charge on any atom is 0.149 e. The number of hydrogen-bond acceptors (Lipinski definition) is 4. The molecule has 0 amide bonds. The topological polar surface area (TPSA) is 60.2 Å². The van der Waals surface area contributed by atoms with E-state index in [9.17, 15) is 0 Å². The van der Waals surface area contributed by atoms with Gasteiger partial charge in [-0.3, -0.25) is 0 Å². The Hall–Kier alpha value is -1.29. The van der Waals surface area contributed by atoms with Gasteiger partial charge < -0.3 is 15.8 Å². The molecule has 0 unspecified atom stereocenters. The van der Waals surface area contributed by atoms with Crippen molar-refractivity contribution in [2.24, 2.45) is 0 Å². The maximum atomic E-state index is 5.92. The molecule has 16 heavy (non-hydrogen) atoms. The van der Waals surface area contributed by atoms with Crippen molar-refractivity contribution >= 4 is 11.5 Å². The number of nitrogens with two attached hydrogens (primary N) is 1. The Bertz CT molecular complexity index is 350. The minimum Gasteiger partial charge on any atom is -0.396 e. The summed E-state index contributed by atoms with van der Waals surface area (Å²) in [6.45, 7) is 9.41. The number of nitrogens with one attached hydrogen (secondary N) is 1. The average molecular weight is 223 g/mol. The summed E-state index contributed by atoms with van der Waals surface area (Å²) < 4.78 is 5.59. The number of ether oxygens (including phenoxy) is 1. The first-order valence-electron chi connectivity index (χ1n) is 5.55. The zero-order valence-corrected chi connectivity index (χ0v) is 10.5. The van der Waals surface area contributed by atoms with Gasteiger partial charge in [0.1, 0.15) is 5.82 Å². The second-order valence-electron chi connectivity index (χ2n) is 4.44. The zero-order chi connectivity index (χ0) is 12.2. The van der Waals surface area contributed by atoms with Gasteiger partial charge in [0, 0.05) is 19.3 Å². The highest BCUT2D eigenvalue weighted by Crippen LogP contribution is 2.20. The molecule has 0 bridgehead atoms. The normalized spacial score (nSPS) is 11.5. The molecule has 4 heteroatoms. The van der Waals surface area contributed by atoms with Crippen molar-refractivity contribution in [2.45, 2.75) is 33.3 Å². The standard InChI is InChI=1S/C12H21N3O/c1-5-16-12(3,4)8-15-11-10(13)9(2)6-7-14-11/h6-7H,5,8,13H2,1-4H3,(H,14,15). The fraction of sp³-hybridized carbons (Fsp3) is 0.583. The Morgan fingerprint density at radius 2 is 2.19 bits per heavy atom. The van der Waals surface area contributed by atoms with Crippen molar-refractivity contribution in [3.8, 4) is 0 Å². The van der Waals surface area contributed by atoms with Gasteiger partial charge >= 0.3 is 0 Å². The Morgan fingerprint density at radius 1 is 1.50 bits per heavy atom. The number of nitrogen functional groups attached to an aromatic ring is 1. The Balaban J connectivity index is 2.64. The third-order valence-electron chi connectivity index (χ3n) is 2.42. The molecule has 90 valence electrons. The molecular weight excluding hydrogens is 202 g/mol. The fourth-order valence-corrected chi connectivity index (χ4v) is 1.45. The number of pyridine rings is 1. The highest BCUT2D eigenvalue weighted by molar-refractivity contribution is 5.64. The molecule has 1 aromatic rings. The summed E-state index contributed by atoms with van der Waals surface area (Å²) in [7, 11) is 0. The van der Waals surface area contributed by atoms with Crippen LogP contribution in [0.1, 0.15) is 26.3 Å². The van der Waals surface area contributed by atoms with E-state index in [1.807, 2.05) is 33.8 Å². The largest absolute Gasteiger partial charge is 0.396 e. The predicted molar refractivity (Wildman–Crippen MR) is 67.6 cm³/mol. The summed E-state index contributed by atoms with van der Waals surface area (Å²) in [6, 6.07) is 1.90. The second kappa shape index (κ2) is 5.16. The molecule has 0 aliphatic rings. The van der Waals surface area contributed by atoms with E-state index in [0.29, 0.717) is 18.8 Å². The van der Waals surface area contributed by atoms with E-state index in [4.69, 9.17) is 10.5 Å². The molecule has 0 aliphatic heterocycles. The van der Waals surface area contributed by atoms with Crippen molar-refractivity contribution in [2.75, 3.05) is 24.2 Å². The summed E-state index contributed by atoms with van der Waals surface area (Å²) in [5.41, 5.74) is 7.44. The van der Waals surface area contributed by atoms with Crippen LogP contribution < -0.4 is 11.1 Å². The summed E-state index contributed by atoms with van der Waals surface area (Å²) in [5, 5.41) is 3.22. The molecule has 0 saturated carbocycles. The maximum absolute atomic E-state index is 5.92. The molecule has 0 aromatic carbocycles. The molecule has 0 fully saturated rings. The summed E-state index contributed by atoms with van der Waals surface area (Å²) >= 11 is 0. The molecule has 3 N–H and O–H groups in total. The van der Waals surface area contributed by atoms with E-state index < -0.39 is 0 Å². The lowest BCUT2D eigenvalue weighted by molar-refractivity contribution is 0.000654. The van der Waals surface area contributed by atoms with Crippen molar-refractivity contribution in [3.63, 3.8) is 0 Å². The molecular formula is C12H21N3O. The number of aryl methyl sites for hydroxylation is 1. The number of anilines is 2. The Morgan fingerprint density at radius 3 is 2.81 bits per heavy atom. The minimum absolute atomic E-state index is 0.216. The average Bonchev–Trinajstić information content (AvgIpc) is 2.20. The lowest BCUT2D eigenvalue weighted by Gasteiger charge is -2.25. The third kappa shape index (κ3) is 3.38. The molecule has 4 nitrogen and oxygen atoms in total. The van der Waals surface area contributed by atoms with Crippen LogP contribution in [0.5, 0.6) is 0 Å². The van der Waals surface area contributed by atoms with Crippen molar-refractivity contribution in [3.05, 3.63) is 17.8 Å². The van der Waals surface area contributed by atoms with Crippen LogP contribution in [-0.4, -0.2) is 23.7 Å². The van der Waals surface area contributed by atoms with E-state index >= 15 is 0 Å². The van der Waals surface area contributed by atoms with Crippen LogP contribution >= 0.6 is 0 Å². The van der Waals surface area contributed by atoms with Gasteiger partial charge in [-0.2, -0.15) is 0 Å². The first kappa shape index (κ1) is 12.8. The van der Waals surface area contributed by atoms with Gasteiger partial charge in [-0.15, -0.1) is 0 Å². The lowest BCUT2D eigenvalue weighted by atomic mass is 10.1. The van der Waals surface area contributed by atoms with Gasteiger partial charge in [0.15, 0.2) is 0 Å². The van der Waals surface area contributed by atoms with Gasteiger partial charge in [0.05, 0.1) is 11.3 Å². The number of aromatic nitrogens is 1. The lowest BCUT2D eigenvalue weighted by Crippen LogP contribution is -2.33. The first-order valence-corrected chi connectivity index (χ1v) is 5.55. The zero-order valence-electron chi connectivity index (χ0n) is 10.5. The minimum atomic E-state index is -0.216. The van der Waals surface area contributed by atoms with E-state index in [1.165, 1.54) is 0 Å². The summed E-state index contributed by atoms with van der Waals surface area (Å²) in [5.74, 6) is 0.729. The second-order valence-corrected chi connectivity index (χ2v) is 4.44. The number of nitrogens with zero attached hydrogens (tertiary/aromatic N) is 1. The van der Waals surface area contributed by atoms with Crippen LogP contribution in [0.15, 0.2) is 12.3 Å². The SMILES string of the molecule is CCOC(C)(C)CNc1nccc(C)c1N. The number of rotatable bonds is 5. The quantitative estimate of drug-likeness (QED) is 0.803. The van der Waals surface area contributed by atoms with Gasteiger partial charge in [0.25, 0.3) is 0 Å². The predicted octanol–water partition coefficient (Wildman–Crippen LogP) is 2.20. The highest BCUT2D eigenvalue weighted by Gasteiger charge is 2.17. The van der Waals surface area contributed by atoms with Crippen molar-refractivity contribution in [1.29, 1.82) is 0 Å².